The predicted octanol–water partition coefficient (Wildman–Crippen LogP) is 0.164. The van der Waals surface area contributed by atoms with Gasteiger partial charge in [-0.3, -0.25) is 4.79 Å². The summed E-state index contributed by atoms with van der Waals surface area (Å²) in [6.07, 6.45) is 0. The van der Waals surface area contributed by atoms with Crippen LogP contribution >= 0.6 is 11.9 Å². The SMILES string of the molecule is CC(=O)N1SCNC1=O. The Labute approximate surface area is 56.7 Å². The van der Waals surface area contributed by atoms with Crippen molar-refractivity contribution >= 4 is 23.9 Å². The smallest absolute Gasteiger partial charge is 0.326 e. The van der Waals surface area contributed by atoms with Crippen molar-refractivity contribution in [3.8, 4) is 0 Å². The maximum Gasteiger partial charge on any atom is 0.335 e. The zero-order valence-electron chi connectivity index (χ0n) is 4.88. The zero-order valence-corrected chi connectivity index (χ0v) is 5.70. The summed E-state index contributed by atoms with van der Waals surface area (Å²) in [5.74, 6) is 0.272. The van der Waals surface area contributed by atoms with Crippen molar-refractivity contribution < 1.29 is 9.59 Å². The van der Waals surface area contributed by atoms with Crippen LogP contribution in [0.4, 0.5) is 4.79 Å². The summed E-state index contributed by atoms with van der Waals surface area (Å²) in [4.78, 5) is 21.1. The van der Waals surface area contributed by atoms with Gasteiger partial charge in [0.15, 0.2) is 0 Å². The number of nitrogens with zero attached hydrogens (tertiary/aromatic N) is 1. The van der Waals surface area contributed by atoms with E-state index in [1.807, 2.05) is 0 Å². The molecule has 50 valence electrons. The second kappa shape index (κ2) is 2.26. The standard InChI is InChI=1S/C4H6N2O2S/c1-3(7)6-4(8)5-2-9-6/h2H2,1H3,(H,5,8). The van der Waals surface area contributed by atoms with E-state index in [0.29, 0.717) is 5.88 Å². The molecule has 0 spiro atoms. The lowest BCUT2D eigenvalue weighted by molar-refractivity contribution is -0.121. The van der Waals surface area contributed by atoms with E-state index >= 15 is 0 Å². The number of carbonyl (C=O) groups is 2. The van der Waals surface area contributed by atoms with Crippen LogP contribution < -0.4 is 5.32 Å². The van der Waals surface area contributed by atoms with Crippen molar-refractivity contribution in [2.45, 2.75) is 6.92 Å². The summed E-state index contributed by atoms with van der Waals surface area (Å²) in [5.41, 5.74) is 0. The molecule has 0 unspecified atom stereocenters. The van der Waals surface area contributed by atoms with Gasteiger partial charge in [-0.05, 0) is 11.9 Å². The minimum atomic E-state index is -0.312. The number of nitrogens with one attached hydrogen (secondary N) is 1. The molecule has 3 amide bonds. The summed E-state index contributed by atoms with van der Waals surface area (Å²) in [6.45, 7) is 1.36. The zero-order chi connectivity index (χ0) is 6.85. The van der Waals surface area contributed by atoms with Crippen molar-refractivity contribution in [1.82, 2.24) is 9.62 Å². The molecule has 0 aromatic carbocycles. The van der Waals surface area contributed by atoms with Gasteiger partial charge in [0.25, 0.3) is 0 Å². The van der Waals surface area contributed by atoms with Gasteiger partial charge < -0.3 is 5.32 Å². The Bertz CT molecular complexity index is 159. The van der Waals surface area contributed by atoms with E-state index in [0.717, 1.165) is 4.31 Å². The van der Waals surface area contributed by atoms with E-state index in [9.17, 15) is 9.59 Å². The van der Waals surface area contributed by atoms with Gasteiger partial charge in [0, 0.05) is 6.92 Å². The predicted molar refractivity (Wildman–Crippen MR) is 33.5 cm³/mol. The largest absolute Gasteiger partial charge is 0.335 e. The second-order valence-electron chi connectivity index (χ2n) is 1.57. The van der Waals surface area contributed by atoms with E-state index in [1.165, 1.54) is 18.9 Å². The first-order chi connectivity index (χ1) is 4.22. The van der Waals surface area contributed by atoms with Crippen molar-refractivity contribution in [2.24, 2.45) is 0 Å². The van der Waals surface area contributed by atoms with Crippen LogP contribution in [0, 0.1) is 0 Å². The van der Waals surface area contributed by atoms with Crippen molar-refractivity contribution in [1.29, 1.82) is 0 Å². The van der Waals surface area contributed by atoms with Gasteiger partial charge in [-0.2, -0.15) is 0 Å². The molecular formula is C4H6N2O2S. The Morgan fingerprint density at radius 1 is 1.89 bits per heavy atom. The first kappa shape index (κ1) is 6.41. The van der Waals surface area contributed by atoms with Crippen LogP contribution in [-0.2, 0) is 4.79 Å². The quantitative estimate of drug-likeness (QED) is 0.495. The molecule has 0 saturated carbocycles. The molecule has 0 aliphatic carbocycles. The molecule has 1 heterocycles. The topological polar surface area (TPSA) is 49.4 Å². The maximum atomic E-state index is 10.6. The highest BCUT2D eigenvalue weighted by Crippen LogP contribution is 2.14. The van der Waals surface area contributed by atoms with Gasteiger partial charge in [0.05, 0.1) is 5.88 Å². The summed E-state index contributed by atoms with van der Waals surface area (Å²) < 4.78 is 1.10. The lowest BCUT2D eigenvalue weighted by Crippen LogP contribution is -2.28. The number of amides is 3. The lowest BCUT2D eigenvalue weighted by atomic mass is 10.7. The Hall–Kier alpha value is -0.710. The van der Waals surface area contributed by atoms with E-state index in [1.54, 1.807) is 0 Å². The number of urea groups is 1. The molecule has 1 rings (SSSR count). The van der Waals surface area contributed by atoms with E-state index < -0.39 is 0 Å². The fourth-order valence-corrected chi connectivity index (χ4v) is 1.20. The van der Waals surface area contributed by atoms with E-state index in [2.05, 4.69) is 5.32 Å². The van der Waals surface area contributed by atoms with Crippen LogP contribution in [0.3, 0.4) is 0 Å². The van der Waals surface area contributed by atoms with Crippen LogP contribution in [-0.4, -0.2) is 22.1 Å². The molecule has 0 radical (unpaired) electrons. The third-order valence-corrected chi connectivity index (χ3v) is 1.84. The normalized spacial score (nSPS) is 17.9. The average molecular weight is 146 g/mol. The highest BCUT2D eigenvalue weighted by Gasteiger charge is 2.23. The van der Waals surface area contributed by atoms with Crippen LogP contribution in [0.5, 0.6) is 0 Å². The maximum absolute atomic E-state index is 10.6. The molecule has 1 aliphatic rings. The Balaban J connectivity index is 2.60. The van der Waals surface area contributed by atoms with Gasteiger partial charge in [-0.15, -0.1) is 0 Å². The van der Waals surface area contributed by atoms with E-state index in [4.69, 9.17) is 0 Å². The van der Waals surface area contributed by atoms with Crippen LogP contribution in [0.25, 0.3) is 0 Å². The van der Waals surface area contributed by atoms with Gasteiger partial charge in [-0.25, -0.2) is 9.10 Å². The monoisotopic (exact) mass is 146 g/mol. The molecule has 1 fully saturated rings. The molecule has 1 N–H and O–H groups in total. The third-order valence-electron chi connectivity index (χ3n) is 0.888. The Morgan fingerprint density at radius 2 is 2.56 bits per heavy atom. The molecular weight excluding hydrogens is 140 g/mol. The van der Waals surface area contributed by atoms with Gasteiger partial charge in [0.1, 0.15) is 0 Å². The molecule has 9 heavy (non-hydrogen) atoms. The second-order valence-corrected chi connectivity index (χ2v) is 2.48. The number of carbonyl (C=O) groups excluding carboxylic acids is 2. The fourth-order valence-electron chi connectivity index (χ4n) is 0.523. The van der Waals surface area contributed by atoms with Crippen LogP contribution in [0.2, 0.25) is 0 Å². The minimum absolute atomic E-state index is 0.227. The first-order valence-corrected chi connectivity index (χ1v) is 3.37. The number of imide groups is 1. The molecule has 1 saturated heterocycles. The average Bonchev–Trinajstić information content (AvgIpc) is 2.13. The van der Waals surface area contributed by atoms with Crippen molar-refractivity contribution in [2.75, 3.05) is 5.88 Å². The number of hydrogen-bond acceptors (Lipinski definition) is 3. The summed E-state index contributed by atoms with van der Waals surface area (Å²) in [6, 6.07) is -0.312. The lowest BCUT2D eigenvalue weighted by Gasteiger charge is -2.04. The van der Waals surface area contributed by atoms with Gasteiger partial charge in [-0.1, -0.05) is 0 Å². The van der Waals surface area contributed by atoms with Crippen molar-refractivity contribution in [3.05, 3.63) is 0 Å². The minimum Gasteiger partial charge on any atom is -0.326 e. The number of hydrogen-bond donors (Lipinski definition) is 1. The summed E-state index contributed by atoms with van der Waals surface area (Å²) in [7, 11) is 0. The molecule has 4 nitrogen and oxygen atoms in total. The molecule has 1 aliphatic heterocycles. The highest BCUT2D eigenvalue weighted by atomic mass is 32.2. The van der Waals surface area contributed by atoms with Gasteiger partial charge >= 0.3 is 6.03 Å². The molecule has 0 aromatic heterocycles. The molecule has 5 heteroatoms. The summed E-state index contributed by atoms with van der Waals surface area (Å²) in [5, 5.41) is 2.48. The van der Waals surface area contributed by atoms with Crippen LogP contribution in [0.1, 0.15) is 6.92 Å². The molecule has 0 aromatic rings. The number of rotatable bonds is 0. The molecule has 0 atom stereocenters. The van der Waals surface area contributed by atoms with Gasteiger partial charge in [0.2, 0.25) is 5.91 Å². The molecule has 0 bridgehead atoms. The van der Waals surface area contributed by atoms with E-state index in [-0.39, 0.29) is 11.9 Å². The van der Waals surface area contributed by atoms with Crippen molar-refractivity contribution in [3.63, 3.8) is 0 Å². The van der Waals surface area contributed by atoms with Crippen LogP contribution in [0.15, 0.2) is 0 Å². The third kappa shape index (κ3) is 1.16. The first-order valence-electron chi connectivity index (χ1n) is 2.43. The fraction of sp³-hybridized carbons (Fsp3) is 0.500. The summed E-state index contributed by atoms with van der Waals surface area (Å²) >= 11 is 1.18. The Morgan fingerprint density at radius 3 is 2.78 bits per heavy atom. The highest BCUT2D eigenvalue weighted by molar-refractivity contribution is 7.98. The Kier molecular flexibility index (Phi) is 1.61.